The Balaban J connectivity index is 2.41. The van der Waals surface area contributed by atoms with Gasteiger partial charge >= 0.3 is 6.18 Å². The van der Waals surface area contributed by atoms with Gasteiger partial charge in [0.15, 0.2) is 4.80 Å². The second-order valence-corrected chi connectivity index (χ2v) is 5.88. The molecular weight excluding hydrogens is 341 g/mol. The van der Waals surface area contributed by atoms with Gasteiger partial charge in [0, 0.05) is 30.2 Å². The maximum absolute atomic E-state index is 12.6. The van der Waals surface area contributed by atoms with Crippen LogP contribution >= 0.6 is 11.3 Å². The molecule has 1 aromatic heterocycles. The Morgan fingerprint density at radius 1 is 1.38 bits per heavy atom. The molecule has 0 fully saturated rings. The minimum atomic E-state index is -4.41. The standard InChI is InChI=1S/C15H13F3N4OS/c1-10(23)21-14-22(9-13(24-14)8-20-7-6-19)12-4-2-11(3-5-12)15(16,17)18/h2-5,9,20H,7-8H2,1H3. The topological polar surface area (TPSA) is 70.2 Å². The summed E-state index contributed by atoms with van der Waals surface area (Å²) in [6.45, 7) is 1.86. The smallest absolute Gasteiger partial charge is 0.299 e. The number of hydrogen-bond acceptors (Lipinski definition) is 4. The van der Waals surface area contributed by atoms with E-state index in [4.69, 9.17) is 5.26 Å². The highest BCUT2D eigenvalue weighted by Gasteiger charge is 2.30. The predicted molar refractivity (Wildman–Crippen MR) is 82.2 cm³/mol. The number of nitrogens with one attached hydrogen (secondary N) is 1. The number of carbonyl (C=O) groups excluding carboxylic acids is 1. The fraction of sp³-hybridized carbons (Fsp3) is 0.267. The van der Waals surface area contributed by atoms with E-state index in [2.05, 4.69) is 10.3 Å². The first-order valence-electron chi connectivity index (χ1n) is 6.83. The van der Waals surface area contributed by atoms with Crippen LogP contribution in [0.5, 0.6) is 0 Å². The lowest BCUT2D eigenvalue weighted by molar-refractivity contribution is -0.137. The number of halogens is 3. The maximum Gasteiger partial charge on any atom is 0.416 e. The third-order valence-corrected chi connectivity index (χ3v) is 3.91. The molecule has 24 heavy (non-hydrogen) atoms. The van der Waals surface area contributed by atoms with Crippen LogP contribution in [0, 0.1) is 11.3 Å². The third kappa shape index (κ3) is 4.53. The van der Waals surface area contributed by atoms with E-state index in [9.17, 15) is 18.0 Å². The van der Waals surface area contributed by atoms with Gasteiger partial charge < -0.3 is 0 Å². The number of hydrogen-bond donors (Lipinski definition) is 1. The summed E-state index contributed by atoms with van der Waals surface area (Å²) in [5.41, 5.74) is -0.283. The molecule has 2 rings (SSSR count). The Kier molecular flexibility index (Phi) is 5.54. The lowest BCUT2D eigenvalue weighted by Crippen LogP contribution is -2.14. The molecule has 5 nitrogen and oxygen atoms in total. The molecule has 1 aromatic carbocycles. The van der Waals surface area contributed by atoms with Crippen LogP contribution in [0.15, 0.2) is 35.5 Å². The average molecular weight is 354 g/mol. The van der Waals surface area contributed by atoms with E-state index in [0.717, 1.165) is 17.0 Å². The number of alkyl halides is 3. The molecule has 0 saturated heterocycles. The molecule has 0 bridgehead atoms. The van der Waals surface area contributed by atoms with E-state index >= 15 is 0 Å². The first-order valence-corrected chi connectivity index (χ1v) is 7.65. The Morgan fingerprint density at radius 3 is 2.58 bits per heavy atom. The van der Waals surface area contributed by atoms with E-state index in [1.807, 2.05) is 6.07 Å². The van der Waals surface area contributed by atoms with Crippen LogP contribution in [0.25, 0.3) is 5.69 Å². The van der Waals surface area contributed by atoms with Crippen molar-refractivity contribution in [1.29, 1.82) is 5.26 Å². The van der Waals surface area contributed by atoms with Crippen molar-refractivity contribution < 1.29 is 18.0 Å². The van der Waals surface area contributed by atoms with Crippen molar-refractivity contribution in [2.75, 3.05) is 6.54 Å². The molecule has 1 heterocycles. The summed E-state index contributed by atoms with van der Waals surface area (Å²) in [4.78, 5) is 16.3. The van der Waals surface area contributed by atoms with Crippen molar-refractivity contribution in [3.8, 4) is 11.8 Å². The fourth-order valence-electron chi connectivity index (χ4n) is 1.92. The highest BCUT2D eigenvalue weighted by atomic mass is 32.1. The normalized spacial score (nSPS) is 12.2. The molecule has 9 heteroatoms. The summed E-state index contributed by atoms with van der Waals surface area (Å²) >= 11 is 1.22. The maximum atomic E-state index is 12.6. The molecule has 1 N–H and O–H groups in total. The lowest BCUT2D eigenvalue weighted by atomic mass is 10.2. The van der Waals surface area contributed by atoms with Gasteiger partial charge in [0.25, 0.3) is 0 Å². The van der Waals surface area contributed by atoms with Crippen LogP contribution in [-0.4, -0.2) is 17.0 Å². The number of nitrogens with zero attached hydrogens (tertiary/aromatic N) is 3. The number of rotatable bonds is 4. The Hall–Kier alpha value is -2.44. The van der Waals surface area contributed by atoms with Gasteiger partial charge in [-0.15, -0.1) is 0 Å². The number of benzene rings is 1. The number of nitriles is 1. The summed E-state index contributed by atoms with van der Waals surface area (Å²) in [5, 5.41) is 11.4. The van der Waals surface area contributed by atoms with Gasteiger partial charge in [-0.3, -0.25) is 14.7 Å². The van der Waals surface area contributed by atoms with Crippen molar-refractivity contribution >= 4 is 17.2 Å². The number of thiazole rings is 1. The van der Waals surface area contributed by atoms with E-state index in [1.165, 1.54) is 30.4 Å². The van der Waals surface area contributed by atoms with Crippen LogP contribution in [0.1, 0.15) is 17.4 Å². The van der Waals surface area contributed by atoms with Crippen LogP contribution in [0.3, 0.4) is 0 Å². The second kappa shape index (κ2) is 7.42. The summed E-state index contributed by atoms with van der Waals surface area (Å²) in [5.74, 6) is -0.408. The largest absolute Gasteiger partial charge is 0.416 e. The molecule has 0 unspecified atom stereocenters. The number of amides is 1. The van der Waals surface area contributed by atoms with Crippen molar-refractivity contribution in [2.45, 2.75) is 19.6 Å². The number of carbonyl (C=O) groups is 1. The molecule has 0 aliphatic heterocycles. The zero-order valence-electron chi connectivity index (χ0n) is 12.6. The monoisotopic (exact) mass is 354 g/mol. The number of aromatic nitrogens is 1. The summed E-state index contributed by atoms with van der Waals surface area (Å²) in [7, 11) is 0. The van der Waals surface area contributed by atoms with Crippen molar-refractivity contribution in [3.05, 3.63) is 45.7 Å². The lowest BCUT2D eigenvalue weighted by Gasteiger charge is -2.08. The van der Waals surface area contributed by atoms with Gasteiger partial charge in [0.1, 0.15) is 0 Å². The molecule has 0 saturated carbocycles. The summed E-state index contributed by atoms with van der Waals surface area (Å²) in [6, 6.07) is 6.54. The highest BCUT2D eigenvalue weighted by molar-refractivity contribution is 7.09. The van der Waals surface area contributed by atoms with E-state index in [-0.39, 0.29) is 6.54 Å². The van der Waals surface area contributed by atoms with E-state index in [0.29, 0.717) is 17.0 Å². The zero-order chi connectivity index (χ0) is 17.7. The fourth-order valence-corrected chi connectivity index (χ4v) is 2.92. The van der Waals surface area contributed by atoms with Gasteiger partial charge in [0.05, 0.1) is 18.2 Å². The molecule has 126 valence electrons. The van der Waals surface area contributed by atoms with Crippen LogP contribution in [0.2, 0.25) is 0 Å². The zero-order valence-corrected chi connectivity index (χ0v) is 13.4. The Bertz CT molecular complexity index is 828. The average Bonchev–Trinajstić information content (AvgIpc) is 2.89. The van der Waals surface area contributed by atoms with Crippen molar-refractivity contribution in [1.82, 2.24) is 9.88 Å². The predicted octanol–water partition coefficient (Wildman–Crippen LogP) is 2.62. The molecule has 0 spiro atoms. The molecule has 0 radical (unpaired) electrons. The van der Waals surface area contributed by atoms with Gasteiger partial charge in [-0.05, 0) is 24.3 Å². The summed E-state index contributed by atoms with van der Waals surface area (Å²) in [6.07, 6.45) is -2.73. The first-order chi connectivity index (χ1) is 11.3. The van der Waals surface area contributed by atoms with E-state index in [1.54, 1.807) is 10.8 Å². The minimum Gasteiger partial charge on any atom is -0.299 e. The van der Waals surface area contributed by atoms with Crippen LogP contribution in [0.4, 0.5) is 13.2 Å². The van der Waals surface area contributed by atoms with Gasteiger partial charge in [0.2, 0.25) is 5.91 Å². The Labute approximate surface area is 139 Å². The molecule has 1 amide bonds. The summed E-state index contributed by atoms with van der Waals surface area (Å²) < 4.78 is 39.5. The van der Waals surface area contributed by atoms with Crippen molar-refractivity contribution in [2.24, 2.45) is 4.99 Å². The molecule has 2 aromatic rings. The Morgan fingerprint density at radius 2 is 2.04 bits per heavy atom. The quantitative estimate of drug-likeness (QED) is 0.678. The van der Waals surface area contributed by atoms with E-state index < -0.39 is 17.6 Å². The molecule has 0 aliphatic carbocycles. The molecule has 0 atom stereocenters. The first kappa shape index (κ1) is 17.9. The van der Waals surface area contributed by atoms with Crippen molar-refractivity contribution in [3.63, 3.8) is 0 Å². The van der Waals surface area contributed by atoms with Crippen LogP contribution < -0.4 is 10.1 Å². The second-order valence-electron chi connectivity index (χ2n) is 4.79. The highest BCUT2D eigenvalue weighted by Crippen LogP contribution is 2.29. The minimum absolute atomic E-state index is 0.164. The molecule has 0 aliphatic rings. The van der Waals surface area contributed by atoms with Gasteiger partial charge in [-0.25, -0.2) is 0 Å². The third-order valence-electron chi connectivity index (χ3n) is 2.93. The SMILES string of the molecule is CC(=O)N=c1sc(CNCC#N)cn1-c1ccc(C(F)(F)F)cc1. The van der Waals surface area contributed by atoms with Gasteiger partial charge in [-0.2, -0.15) is 23.4 Å². The van der Waals surface area contributed by atoms with Crippen LogP contribution in [-0.2, 0) is 17.5 Å². The molecular formula is C15H13F3N4OS. The van der Waals surface area contributed by atoms with Gasteiger partial charge in [-0.1, -0.05) is 11.3 Å².